The van der Waals surface area contributed by atoms with Gasteiger partial charge in [-0.05, 0) is 65.7 Å². The lowest BCUT2D eigenvalue weighted by Gasteiger charge is -2.33. The summed E-state index contributed by atoms with van der Waals surface area (Å²) in [5.74, 6) is 0.427. The maximum absolute atomic E-state index is 13.1. The van der Waals surface area contributed by atoms with Gasteiger partial charge in [0.1, 0.15) is 5.82 Å². The minimum atomic E-state index is -0.339. The Hall–Kier alpha value is -0.940. The molecule has 1 saturated heterocycles. The lowest BCUT2D eigenvalue weighted by Crippen LogP contribution is -2.45. The Morgan fingerprint density at radius 3 is 2.57 bits per heavy atom. The van der Waals surface area contributed by atoms with Gasteiger partial charge in [0.05, 0.1) is 5.56 Å². The number of benzene rings is 1. The van der Waals surface area contributed by atoms with Crippen molar-refractivity contribution in [2.24, 2.45) is 5.92 Å². The summed E-state index contributed by atoms with van der Waals surface area (Å²) in [5.41, 5.74) is 0.500. The van der Waals surface area contributed by atoms with Gasteiger partial charge in [-0.2, -0.15) is 0 Å². The van der Waals surface area contributed by atoms with Crippen molar-refractivity contribution in [1.82, 2.24) is 10.2 Å². The number of nitrogens with zero attached hydrogens (tertiary/aromatic N) is 1. The van der Waals surface area contributed by atoms with Crippen LogP contribution >= 0.6 is 15.9 Å². The molecular weight excluding hydrogens is 359 g/mol. The fourth-order valence-corrected chi connectivity index (χ4v) is 4.29. The molecule has 0 atom stereocenters. The van der Waals surface area contributed by atoms with Crippen molar-refractivity contribution in [2.45, 2.75) is 44.6 Å². The molecule has 1 N–H and O–H groups in total. The minimum Gasteiger partial charge on any atom is -0.349 e. The van der Waals surface area contributed by atoms with Gasteiger partial charge >= 0.3 is 0 Å². The van der Waals surface area contributed by atoms with Crippen LogP contribution in [0.4, 0.5) is 4.39 Å². The van der Waals surface area contributed by atoms with E-state index in [1.807, 2.05) is 0 Å². The highest BCUT2D eigenvalue weighted by molar-refractivity contribution is 9.10. The normalized spacial score (nSPS) is 20.8. The highest BCUT2D eigenvalue weighted by Crippen LogP contribution is 2.26. The summed E-state index contributed by atoms with van der Waals surface area (Å²) in [6.07, 6.45) is 7.55. The monoisotopic (exact) mass is 382 g/mol. The average molecular weight is 383 g/mol. The molecule has 0 spiro atoms. The summed E-state index contributed by atoms with van der Waals surface area (Å²) in [5, 5.41) is 3.09. The molecule has 1 amide bonds. The van der Waals surface area contributed by atoms with E-state index >= 15 is 0 Å². The van der Waals surface area contributed by atoms with Crippen LogP contribution < -0.4 is 5.32 Å². The lowest BCUT2D eigenvalue weighted by atomic mass is 10.0. The molecular formula is C18H24BrFN2O. The summed E-state index contributed by atoms with van der Waals surface area (Å²) in [6, 6.07) is 4.41. The first-order valence-corrected chi connectivity index (χ1v) is 9.39. The highest BCUT2D eigenvalue weighted by Gasteiger charge is 2.24. The van der Waals surface area contributed by atoms with Crippen LogP contribution in [0.2, 0.25) is 0 Å². The van der Waals surface area contributed by atoms with Gasteiger partial charge in [0.2, 0.25) is 0 Å². The fourth-order valence-electron chi connectivity index (χ4n) is 3.75. The number of hydrogen-bond acceptors (Lipinski definition) is 2. The zero-order chi connectivity index (χ0) is 16.2. The smallest absolute Gasteiger partial charge is 0.252 e. The summed E-state index contributed by atoms with van der Waals surface area (Å²) in [7, 11) is 0. The van der Waals surface area contributed by atoms with Crippen LogP contribution in [0.15, 0.2) is 22.7 Å². The second-order valence-electron chi connectivity index (χ2n) is 6.82. The van der Waals surface area contributed by atoms with Crippen LogP contribution in [0, 0.1) is 11.7 Å². The molecule has 3 nitrogen and oxygen atoms in total. The predicted molar refractivity (Wildman–Crippen MR) is 93.0 cm³/mol. The van der Waals surface area contributed by atoms with Gasteiger partial charge in [0.25, 0.3) is 5.91 Å². The van der Waals surface area contributed by atoms with Crippen LogP contribution in [0.25, 0.3) is 0 Å². The van der Waals surface area contributed by atoms with E-state index in [0.717, 1.165) is 31.8 Å². The summed E-state index contributed by atoms with van der Waals surface area (Å²) in [6.45, 7) is 3.35. The molecule has 1 heterocycles. The quantitative estimate of drug-likeness (QED) is 0.853. The maximum atomic E-state index is 13.1. The first-order valence-electron chi connectivity index (χ1n) is 8.60. The first-order chi connectivity index (χ1) is 11.1. The Balaban J connectivity index is 1.47. The van der Waals surface area contributed by atoms with Gasteiger partial charge in [-0.3, -0.25) is 4.79 Å². The van der Waals surface area contributed by atoms with Crippen molar-refractivity contribution in [3.8, 4) is 0 Å². The molecule has 126 valence electrons. The number of carbonyl (C=O) groups excluding carboxylic acids is 1. The number of piperidine rings is 1. The zero-order valence-electron chi connectivity index (χ0n) is 13.4. The number of halogens is 2. The van der Waals surface area contributed by atoms with Crippen molar-refractivity contribution < 1.29 is 9.18 Å². The van der Waals surface area contributed by atoms with Crippen LogP contribution in [0.3, 0.4) is 0 Å². The van der Waals surface area contributed by atoms with Gasteiger partial charge in [-0.25, -0.2) is 4.39 Å². The van der Waals surface area contributed by atoms with Gasteiger partial charge < -0.3 is 10.2 Å². The Morgan fingerprint density at radius 2 is 1.91 bits per heavy atom. The van der Waals surface area contributed by atoms with Crippen molar-refractivity contribution in [2.75, 3.05) is 19.6 Å². The molecule has 5 heteroatoms. The number of carbonyl (C=O) groups is 1. The summed E-state index contributed by atoms with van der Waals surface area (Å²) in [4.78, 5) is 14.9. The van der Waals surface area contributed by atoms with E-state index in [1.54, 1.807) is 0 Å². The predicted octanol–water partition coefficient (Wildman–Crippen LogP) is 3.97. The standard InChI is InChI=1S/C18H24BrFN2O/c19-17-11-14(20)5-6-16(17)18(23)21-15-7-9-22(10-8-15)12-13-3-1-2-4-13/h5-6,11,13,15H,1-4,7-10,12H2,(H,21,23). The number of amides is 1. The van der Waals surface area contributed by atoms with E-state index in [9.17, 15) is 9.18 Å². The van der Waals surface area contributed by atoms with E-state index in [2.05, 4.69) is 26.1 Å². The molecule has 0 aromatic heterocycles. The SMILES string of the molecule is O=C(NC1CCN(CC2CCCC2)CC1)c1ccc(F)cc1Br. The second kappa shape index (κ2) is 7.75. The average Bonchev–Trinajstić information content (AvgIpc) is 3.02. The molecule has 1 aliphatic carbocycles. The number of nitrogens with one attached hydrogen (secondary N) is 1. The molecule has 0 bridgehead atoms. The molecule has 1 aromatic carbocycles. The molecule has 1 saturated carbocycles. The van der Waals surface area contributed by atoms with Crippen molar-refractivity contribution >= 4 is 21.8 Å². The Bertz CT molecular complexity index is 552. The number of hydrogen-bond donors (Lipinski definition) is 1. The lowest BCUT2D eigenvalue weighted by molar-refractivity contribution is 0.0905. The molecule has 1 aromatic rings. The van der Waals surface area contributed by atoms with Gasteiger partial charge in [-0.15, -0.1) is 0 Å². The van der Waals surface area contributed by atoms with Crippen LogP contribution in [0.5, 0.6) is 0 Å². The topological polar surface area (TPSA) is 32.3 Å². The zero-order valence-corrected chi connectivity index (χ0v) is 14.9. The van der Waals surface area contributed by atoms with Crippen molar-refractivity contribution in [3.63, 3.8) is 0 Å². The van der Waals surface area contributed by atoms with Crippen LogP contribution in [-0.4, -0.2) is 36.5 Å². The maximum Gasteiger partial charge on any atom is 0.252 e. The minimum absolute atomic E-state index is 0.119. The third-order valence-corrected chi connectivity index (χ3v) is 5.75. The Morgan fingerprint density at radius 1 is 1.22 bits per heavy atom. The highest BCUT2D eigenvalue weighted by atomic mass is 79.9. The third kappa shape index (κ3) is 4.54. The van der Waals surface area contributed by atoms with E-state index in [-0.39, 0.29) is 17.8 Å². The summed E-state index contributed by atoms with van der Waals surface area (Å²) >= 11 is 3.26. The molecule has 0 unspecified atom stereocenters. The largest absolute Gasteiger partial charge is 0.349 e. The van der Waals surface area contributed by atoms with E-state index in [0.29, 0.717) is 10.0 Å². The molecule has 2 fully saturated rings. The van der Waals surface area contributed by atoms with Crippen LogP contribution in [-0.2, 0) is 0 Å². The molecule has 2 aliphatic rings. The third-order valence-electron chi connectivity index (χ3n) is 5.09. The Labute approximate surface area is 145 Å². The van der Waals surface area contributed by atoms with Crippen molar-refractivity contribution in [1.29, 1.82) is 0 Å². The number of rotatable bonds is 4. The second-order valence-corrected chi connectivity index (χ2v) is 7.68. The molecule has 23 heavy (non-hydrogen) atoms. The van der Waals surface area contributed by atoms with E-state index in [1.165, 1.54) is 50.4 Å². The molecule has 3 rings (SSSR count). The fraction of sp³-hybridized carbons (Fsp3) is 0.611. The van der Waals surface area contributed by atoms with E-state index in [4.69, 9.17) is 0 Å². The van der Waals surface area contributed by atoms with Crippen molar-refractivity contribution in [3.05, 3.63) is 34.1 Å². The van der Waals surface area contributed by atoms with Gasteiger partial charge in [0, 0.05) is 30.1 Å². The molecule has 1 aliphatic heterocycles. The number of likely N-dealkylation sites (tertiary alicyclic amines) is 1. The van der Waals surface area contributed by atoms with E-state index < -0.39 is 0 Å². The van der Waals surface area contributed by atoms with Gasteiger partial charge in [0.15, 0.2) is 0 Å². The summed E-state index contributed by atoms with van der Waals surface area (Å²) < 4.78 is 13.6. The molecule has 0 radical (unpaired) electrons. The Kier molecular flexibility index (Phi) is 5.70. The first kappa shape index (κ1) is 16.9. The van der Waals surface area contributed by atoms with Gasteiger partial charge in [-0.1, -0.05) is 12.8 Å². The van der Waals surface area contributed by atoms with Crippen LogP contribution in [0.1, 0.15) is 48.9 Å².